The summed E-state index contributed by atoms with van der Waals surface area (Å²) in [7, 11) is 0. The number of rotatable bonds is 3. The predicted octanol–water partition coefficient (Wildman–Crippen LogP) is 0.128. The number of hydrogen-bond donors (Lipinski definition) is 2. The fraction of sp³-hybridized carbons (Fsp3) is 1.00. The van der Waals surface area contributed by atoms with Gasteiger partial charge in [-0.25, -0.2) is 4.39 Å². The number of likely N-dealkylation sites (tertiary alicyclic amines) is 1. The number of alkyl halides is 1. The summed E-state index contributed by atoms with van der Waals surface area (Å²) in [6, 6.07) is 0.426. The molecule has 1 rings (SSSR count). The van der Waals surface area contributed by atoms with Crippen molar-refractivity contribution >= 4 is 0 Å². The minimum Gasteiger partial charge on any atom is -0.389 e. The number of piperidine rings is 1. The number of nitrogens with two attached hydrogens (primary N) is 1. The van der Waals surface area contributed by atoms with Gasteiger partial charge in [-0.3, -0.25) is 4.90 Å². The van der Waals surface area contributed by atoms with E-state index >= 15 is 0 Å². The molecule has 1 heterocycles. The first-order valence-electron chi connectivity index (χ1n) is 4.88. The second kappa shape index (κ2) is 4.88. The highest BCUT2D eigenvalue weighted by atomic mass is 19.1. The highest BCUT2D eigenvalue weighted by Gasteiger charge is 2.26. The standard InChI is InChI=1S/C9H19FN2O/c1-7-9(11)3-2-4-12(7)6-8(13)5-10/h7-9,13H,2-6,11H2,1H3/t7-,8?,9-/m1/s1. The molecule has 0 radical (unpaired) electrons. The molecule has 1 fully saturated rings. The summed E-state index contributed by atoms with van der Waals surface area (Å²) in [5.41, 5.74) is 5.87. The third-order valence-electron chi connectivity index (χ3n) is 2.80. The molecule has 1 aliphatic heterocycles. The van der Waals surface area contributed by atoms with Crippen LogP contribution in [0.5, 0.6) is 0 Å². The molecule has 1 unspecified atom stereocenters. The van der Waals surface area contributed by atoms with Gasteiger partial charge >= 0.3 is 0 Å². The van der Waals surface area contributed by atoms with Gasteiger partial charge in [0.05, 0.1) is 6.10 Å². The maximum absolute atomic E-state index is 12.1. The lowest BCUT2D eigenvalue weighted by Gasteiger charge is -2.38. The minimum atomic E-state index is -0.854. The van der Waals surface area contributed by atoms with E-state index in [0.29, 0.717) is 6.54 Å². The highest BCUT2D eigenvalue weighted by molar-refractivity contribution is 4.84. The van der Waals surface area contributed by atoms with E-state index in [4.69, 9.17) is 10.8 Å². The summed E-state index contributed by atoms with van der Waals surface area (Å²) in [6.45, 7) is 2.70. The third kappa shape index (κ3) is 2.90. The third-order valence-corrected chi connectivity index (χ3v) is 2.80. The van der Waals surface area contributed by atoms with E-state index in [1.54, 1.807) is 0 Å². The zero-order valence-electron chi connectivity index (χ0n) is 8.12. The first-order chi connectivity index (χ1) is 6.15. The SMILES string of the molecule is C[C@@H]1[C@H](N)CCCN1CC(O)CF. The Hall–Kier alpha value is -0.190. The molecule has 0 aromatic heterocycles. The zero-order valence-corrected chi connectivity index (χ0v) is 8.12. The van der Waals surface area contributed by atoms with Crippen LogP contribution in [0.1, 0.15) is 19.8 Å². The molecule has 0 spiro atoms. The molecule has 1 saturated heterocycles. The molecule has 0 saturated carbocycles. The predicted molar refractivity (Wildman–Crippen MR) is 50.2 cm³/mol. The van der Waals surface area contributed by atoms with Crippen LogP contribution >= 0.6 is 0 Å². The molecule has 3 atom stereocenters. The fourth-order valence-corrected chi connectivity index (χ4v) is 1.82. The Morgan fingerprint density at radius 1 is 1.69 bits per heavy atom. The van der Waals surface area contributed by atoms with Gasteiger partial charge < -0.3 is 10.8 Å². The molecule has 4 heteroatoms. The smallest absolute Gasteiger partial charge is 0.117 e. The van der Waals surface area contributed by atoms with Gasteiger partial charge in [-0.1, -0.05) is 0 Å². The van der Waals surface area contributed by atoms with Gasteiger partial charge in [0.25, 0.3) is 0 Å². The van der Waals surface area contributed by atoms with Crippen LogP contribution in [0, 0.1) is 0 Å². The monoisotopic (exact) mass is 190 g/mol. The Balaban J connectivity index is 2.39. The fourth-order valence-electron chi connectivity index (χ4n) is 1.82. The second-order valence-electron chi connectivity index (χ2n) is 3.85. The van der Waals surface area contributed by atoms with Crippen LogP contribution in [-0.4, -0.2) is 48.0 Å². The van der Waals surface area contributed by atoms with Gasteiger partial charge in [0.2, 0.25) is 0 Å². The molecule has 0 amide bonds. The topological polar surface area (TPSA) is 49.5 Å². The van der Waals surface area contributed by atoms with Gasteiger partial charge in [0.15, 0.2) is 0 Å². The number of halogens is 1. The lowest BCUT2D eigenvalue weighted by molar-refractivity contribution is 0.0519. The molecule has 13 heavy (non-hydrogen) atoms. The van der Waals surface area contributed by atoms with Crippen LogP contribution in [-0.2, 0) is 0 Å². The average Bonchev–Trinajstić information content (AvgIpc) is 2.13. The van der Waals surface area contributed by atoms with Crippen LogP contribution < -0.4 is 5.73 Å². The van der Waals surface area contributed by atoms with Crippen LogP contribution in [0.25, 0.3) is 0 Å². The van der Waals surface area contributed by atoms with Crippen LogP contribution in [0.4, 0.5) is 4.39 Å². The summed E-state index contributed by atoms with van der Waals surface area (Å²) >= 11 is 0. The number of hydrogen-bond acceptors (Lipinski definition) is 3. The zero-order chi connectivity index (χ0) is 9.84. The lowest BCUT2D eigenvalue weighted by Crippen LogP contribution is -2.52. The number of aliphatic hydroxyl groups excluding tert-OH is 1. The molecule has 0 bridgehead atoms. The van der Waals surface area contributed by atoms with Crippen molar-refractivity contribution in [2.24, 2.45) is 5.73 Å². The largest absolute Gasteiger partial charge is 0.389 e. The molecule has 0 aliphatic carbocycles. The van der Waals surface area contributed by atoms with Crippen molar-refractivity contribution in [3.8, 4) is 0 Å². The number of aliphatic hydroxyl groups is 1. The number of β-amino-alcohol motifs (C(OH)–C–C–N with tert-alkyl or cyclic N) is 1. The van der Waals surface area contributed by atoms with Gasteiger partial charge in [-0.15, -0.1) is 0 Å². The molecule has 1 aliphatic rings. The lowest BCUT2D eigenvalue weighted by atomic mass is 9.98. The van der Waals surface area contributed by atoms with Crippen molar-refractivity contribution in [1.82, 2.24) is 4.90 Å². The molecule has 78 valence electrons. The van der Waals surface area contributed by atoms with E-state index in [9.17, 15) is 4.39 Å². The maximum Gasteiger partial charge on any atom is 0.117 e. The van der Waals surface area contributed by atoms with E-state index in [0.717, 1.165) is 19.4 Å². The Morgan fingerprint density at radius 3 is 3.00 bits per heavy atom. The van der Waals surface area contributed by atoms with Gasteiger partial charge in [-0.2, -0.15) is 0 Å². The number of nitrogens with zero attached hydrogens (tertiary/aromatic N) is 1. The average molecular weight is 190 g/mol. The van der Waals surface area contributed by atoms with Crippen molar-refractivity contribution in [2.45, 2.75) is 38.0 Å². The van der Waals surface area contributed by atoms with Crippen LogP contribution in [0.2, 0.25) is 0 Å². The summed E-state index contributed by atoms with van der Waals surface area (Å²) in [5.74, 6) is 0. The van der Waals surface area contributed by atoms with E-state index < -0.39 is 12.8 Å². The Kier molecular flexibility index (Phi) is 4.09. The second-order valence-corrected chi connectivity index (χ2v) is 3.85. The van der Waals surface area contributed by atoms with E-state index in [1.807, 2.05) is 6.92 Å². The van der Waals surface area contributed by atoms with Gasteiger partial charge in [0.1, 0.15) is 6.67 Å². The minimum absolute atomic E-state index is 0.167. The summed E-state index contributed by atoms with van der Waals surface area (Å²) in [6.07, 6.45) is 1.22. The van der Waals surface area contributed by atoms with Gasteiger partial charge in [0, 0.05) is 18.6 Å². The van der Waals surface area contributed by atoms with Crippen LogP contribution in [0.15, 0.2) is 0 Å². The van der Waals surface area contributed by atoms with Crippen molar-refractivity contribution < 1.29 is 9.50 Å². The normalized spacial score (nSPS) is 33.2. The molecule has 3 nitrogen and oxygen atoms in total. The Morgan fingerprint density at radius 2 is 2.38 bits per heavy atom. The first kappa shape index (κ1) is 10.9. The summed E-state index contributed by atoms with van der Waals surface area (Å²) < 4.78 is 12.1. The summed E-state index contributed by atoms with van der Waals surface area (Å²) in [4.78, 5) is 2.07. The van der Waals surface area contributed by atoms with Crippen molar-refractivity contribution in [3.05, 3.63) is 0 Å². The Bertz CT molecular complexity index is 157. The molecular weight excluding hydrogens is 171 g/mol. The van der Waals surface area contributed by atoms with Crippen molar-refractivity contribution in [3.63, 3.8) is 0 Å². The maximum atomic E-state index is 12.1. The quantitative estimate of drug-likeness (QED) is 0.665. The van der Waals surface area contributed by atoms with Crippen LogP contribution in [0.3, 0.4) is 0 Å². The Labute approximate surface area is 78.7 Å². The van der Waals surface area contributed by atoms with Gasteiger partial charge in [-0.05, 0) is 26.3 Å². The molecule has 3 N–H and O–H groups in total. The van der Waals surface area contributed by atoms with E-state index in [2.05, 4.69) is 4.90 Å². The molecule has 0 aromatic carbocycles. The first-order valence-corrected chi connectivity index (χ1v) is 4.88. The highest BCUT2D eigenvalue weighted by Crippen LogP contribution is 2.15. The van der Waals surface area contributed by atoms with Crippen molar-refractivity contribution in [1.29, 1.82) is 0 Å². The van der Waals surface area contributed by atoms with E-state index in [1.165, 1.54) is 0 Å². The molecular formula is C9H19FN2O. The molecule has 0 aromatic rings. The van der Waals surface area contributed by atoms with E-state index in [-0.39, 0.29) is 12.1 Å². The summed E-state index contributed by atoms with van der Waals surface area (Å²) in [5, 5.41) is 9.16. The van der Waals surface area contributed by atoms with Crippen molar-refractivity contribution in [2.75, 3.05) is 19.8 Å².